The molecule has 0 saturated carbocycles. The van der Waals surface area contributed by atoms with E-state index in [0.717, 1.165) is 6.07 Å². The van der Waals surface area contributed by atoms with Crippen molar-refractivity contribution in [3.8, 4) is 0 Å². The summed E-state index contributed by atoms with van der Waals surface area (Å²) in [7, 11) is -1.29. The number of hydrogen-bond donors (Lipinski definition) is 0. The Kier molecular flexibility index (Phi) is 5.17. The van der Waals surface area contributed by atoms with Gasteiger partial charge in [-0.1, -0.05) is 11.6 Å². The number of ketones is 1. The summed E-state index contributed by atoms with van der Waals surface area (Å²) >= 11 is 5.60. The molecular formula is C14H15ClF3NO2S. The van der Waals surface area contributed by atoms with E-state index in [1.54, 1.807) is 4.90 Å². The van der Waals surface area contributed by atoms with Gasteiger partial charge in [-0.15, -0.1) is 0 Å². The highest BCUT2D eigenvalue weighted by Gasteiger charge is 2.35. The van der Waals surface area contributed by atoms with Gasteiger partial charge in [0.15, 0.2) is 0 Å². The molecule has 2 atom stereocenters. The summed E-state index contributed by atoms with van der Waals surface area (Å²) in [4.78, 5) is 12.8. The first-order valence-electron chi connectivity index (χ1n) is 6.67. The van der Waals surface area contributed by atoms with Crippen LogP contribution in [-0.2, 0) is 21.8 Å². The average Bonchev–Trinajstić information content (AvgIpc) is 2.86. The fraction of sp³-hybridized carbons (Fsp3) is 0.500. The smallest absolute Gasteiger partial charge is 0.370 e. The molecule has 0 aliphatic carbocycles. The van der Waals surface area contributed by atoms with Crippen molar-refractivity contribution in [2.24, 2.45) is 0 Å². The monoisotopic (exact) mass is 353 g/mol. The first-order valence-corrected chi connectivity index (χ1v) is 8.43. The molecular weight excluding hydrogens is 339 g/mol. The third-order valence-electron chi connectivity index (χ3n) is 3.48. The zero-order valence-electron chi connectivity index (χ0n) is 11.8. The highest BCUT2D eigenvalue weighted by Crippen LogP contribution is 2.37. The highest BCUT2D eigenvalue weighted by atomic mass is 35.5. The quantitative estimate of drug-likeness (QED) is 0.833. The Labute approximate surface area is 133 Å². The van der Waals surface area contributed by atoms with Crippen LogP contribution in [0.4, 0.5) is 18.9 Å². The molecule has 22 heavy (non-hydrogen) atoms. The summed E-state index contributed by atoms with van der Waals surface area (Å²) in [5.41, 5.74) is -0.473. The van der Waals surface area contributed by atoms with Crippen LogP contribution in [0.3, 0.4) is 0 Å². The number of carbonyl (C=O) groups is 1. The van der Waals surface area contributed by atoms with E-state index in [2.05, 4.69) is 0 Å². The Morgan fingerprint density at radius 2 is 2.14 bits per heavy atom. The van der Waals surface area contributed by atoms with Gasteiger partial charge < -0.3 is 4.90 Å². The maximum Gasteiger partial charge on any atom is 0.417 e. The van der Waals surface area contributed by atoms with Gasteiger partial charge in [-0.25, -0.2) is 0 Å². The summed E-state index contributed by atoms with van der Waals surface area (Å²) < 4.78 is 50.6. The third-order valence-corrected chi connectivity index (χ3v) is 5.63. The van der Waals surface area contributed by atoms with Gasteiger partial charge in [-0.3, -0.25) is 9.00 Å². The van der Waals surface area contributed by atoms with Crippen molar-refractivity contribution in [2.45, 2.75) is 24.8 Å². The number of halogens is 4. The number of carbonyl (C=O) groups excluding carboxylic acids is 1. The number of rotatable bonds is 4. The predicted molar refractivity (Wildman–Crippen MR) is 80.8 cm³/mol. The Morgan fingerprint density at radius 3 is 2.73 bits per heavy atom. The Bertz CT molecular complexity index is 606. The zero-order chi connectivity index (χ0) is 16.5. The van der Waals surface area contributed by atoms with Crippen molar-refractivity contribution < 1.29 is 22.2 Å². The molecule has 0 spiro atoms. The molecule has 0 radical (unpaired) electrons. The first-order chi connectivity index (χ1) is 10.2. The molecule has 1 aliphatic heterocycles. The molecule has 2 rings (SSSR count). The van der Waals surface area contributed by atoms with Gasteiger partial charge in [0.1, 0.15) is 5.78 Å². The largest absolute Gasteiger partial charge is 0.417 e. The van der Waals surface area contributed by atoms with E-state index in [9.17, 15) is 22.2 Å². The van der Waals surface area contributed by atoms with E-state index in [1.165, 1.54) is 19.1 Å². The second-order valence-corrected chi connectivity index (χ2v) is 7.37. The number of alkyl halides is 3. The Hall–Kier alpha value is -1.08. The van der Waals surface area contributed by atoms with Crippen LogP contribution < -0.4 is 4.90 Å². The molecule has 1 saturated heterocycles. The number of Topliss-reactive ketones (excluding diaryl/α,β-unsaturated/α-hetero) is 1. The standard InChI is InChI=1S/C14H15ClF3NO2S/c1-9(20)8-22(21)11-4-5-19(7-11)10-2-3-13(15)12(6-10)14(16,17)18/h2-3,6,11H,4-5,7-8H2,1H3. The SMILES string of the molecule is CC(=O)CS(=O)C1CCN(c2ccc(Cl)c(C(F)(F)F)c2)C1. The van der Waals surface area contributed by atoms with Gasteiger partial charge in [0.25, 0.3) is 0 Å². The molecule has 1 aliphatic rings. The lowest BCUT2D eigenvalue weighted by Gasteiger charge is -2.20. The highest BCUT2D eigenvalue weighted by molar-refractivity contribution is 7.86. The van der Waals surface area contributed by atoms with Crippen LogP contribution in [0.1, 0.15) is 18.9 Å². The van der Waals surface area contributed by atoms with Crippen LogP contribution in [0.15, 0.2) is 18.2 Å². The third kappa shape index (κ3) is 4.01. The molecule has 2 unspecified atom stereocenters. The fourth-order valence-electron chi connectivity index (χ4n) is 2.42. The van der Waals surface area contributed by atoms with Crippen molar-refractivity contribution in [3.63, 3.8) is 0 Å². The van der Waals surface area contributed by atoms with Gasteiger partial charge in [0, 0.05) is 29.6 Å². The lowest BCUT2D eigenvalue weighted by atomic mass is 10.2. The second kappa shape index (κ2) is 6.58. The summed E-state index contributed by atoms with van der Waals surface area (Å²) in [6.45, 7) is 2.26. The van der Waals surface area contributed by atoms with Crippen LogP contribution in [-0.4, -0.2) is 34.1 Å². The molecule has 1 fully saturated rings. The molecule has 1 aromatic carbocycles. The van der Waals surface area contributed by atoms with Crippen molar-refractivity contribution in [3.05, 3.63) is 28.8 Å². The summed E-state index contributed by atoms with van der Waals surface area (Å²) in [5, 5.41) is -0.541. The minimum absolute atomic E-state index is 0.00702. The molecule has 8 heteroatoms. The van der Waals surface area contributed by atoms with E-state index < -0.39 is 22.5 Å². The van der Waals surface area contributed by atoms with Crippen LogP contribution in [0.25, 0.3) is 0 Å². The summed E-state index contributed by atoms with van der Waals surface area (Å²) in [6, 6.07) is 3.76. The van der Waals surface area contributed by atoms with E-state index in [0.29, 0.717) is 25.2 Å². The molecule has 0 amide bonds. The average molecular weight is 354 g/mol. The van der Waals surface area contributed by atoms with Crippen LogP contribution in [0.5, 0.6) is 0 Å². The van der Waals surface area contributed by atoms with Gasteiger partial charge >= 0.3 is 6.18 Å². The fourth-order valence-corrected chi connectivity index (χ4v) is 4.00. The van der Waals surface area contributed by atoms with Crippen molar-refractivity contribution >= 4 is 33.9 Å². The molecule has 0 aromatic heterocycles. The van der Waals surface area contributed by atoms with E-state index in [4.69, 9.17) is 11.6 Å². The summed E-state index contributed by atoms with van der Waals surface area (Å²) in [5.74, 6) is -0.157. The topological polar surface area (TPSA) is 37.4 Å². The number of nitrogens with zero attached hydrogens (tertiary/aromatic N) is 1. The van der Waals surface area contributed by atoms with Crippen molar-refractivity contribution in [1.29, 1.82) is 0 Å². The molecule has 122 valence electrons. The number of hydrogen-bond acceptors (Lipinski definition) is 3. The van der Waals surface area contributed by atoms with Crippen LogP contribution in [0, 0.1) is 0 Å². The Balaban J connectivity index is 2.14. The van der Waals surface area contributed by atoms with Crippen molar-refractivity contribution in [2.75, 3.05) is 23.7 Å². The van der Waals surface area contributed by atoms with E-state index >= 15 is 0 Å². The second-order valence-electron chi connectivity index (χ2n) is 5.25. The normalized spacial score (nSPS) is 20.2. The first kappa shape index (κ1) is 17.3. The molecule has 0 N–H and O–H groups in total. The van der Waals surface area contributed by atoms with Gasteiger partial charge in [0.05, 0.1) is 21.6 Å². The van der Waals surface area contributed by atoms with E-state index in [1.807, 2.05) is 0 Å². The molecule has 0 bridgehead atoms. The zero-order valence-corrected chi connectivity index (χ0v) is 13.4. The Morgan fingerprint density at radius 1 is 1.45 bits per heavy atom. The van der Waals surface area contributed by atoms with Gasteiger partial charge in [0.2, 0.25) is 0 Å². The molecule has 3 nitrogen and oxygen atoms in total. The minimum Gasteiger partial charge on any atom is -0.370 e. The molecule has 1 heterocycles. The van der Waals surface area contributed by atoms with Gasteiger partial charge in [-0.2, -0.15) is 13.2 Å². The number of anilines is 1. The lowest BCUT2D eigenvalue weighted by molar-refractivity contribution is -0.137. The number of benzene rings is 1. The van der Waals surface area contributed by atoms with Crippen molar-refractivity contribution in [1.82, 2.24) is 0 Å². The predicted octanol–water partition coefficient (Wildman–Crippen LogP) is 3.28. The molecule has 1 aromatic rings. The van der Waals surface area contributed by atoms with Crippen LogP contribution in [0.2, 0.25) is 5.02 Å². The minimum atomic E-state index is -4.51. The lowest BCUT2D eigenvalue weighted by Crippen LogP contribution is -2.26. The maximum absolute atomic E-state index is 12.9. The van der Waals surface area contributed by atoms with Gasteiger partial charge in [-0.05, 0) is 31.5 Å². The maximum atomic E-state index is 12.9. The summed E-state index contributed by atoms with van der Waals surface area (Å²) in [6.07, 6.45) is -3.92. The van der Waals surface area contributed by atoms with E-state index in [-0.39, 0.29) is 21.8 Å². The van der Waals surface area contributed by atoms with Crippen LogP contribution >= 0.6 is 11.6 Å².